The third-order valence-electron chi connectivity index (χ3n) is 3.60. The van der Waals surface area contributed by atoms with Gasteiger partial charge in [-0.15, -0.1) is 0 Å². The maximum Gasteiger partial charge on any atom is 0.262 e. The van der Waals surface area contributed by atoms with Gasteiger partial charge in [0.15, 0.2) is 5.65 Å². The summed E-state index contributed by atoms with van der Waals surface area (Å²) >= 11 is 6.05. The van der Waals surface area contributed by atoms with Gasteiger partial charge >= 0.3 is 0 Å². The molecule has 0 radical (unpaired) electrons. The molecule has 0 spiro atoms. The number of aryl methyl sites for hydroxylation is 1. The van der Waals surface area contributed by atoms with Crippen molar-refractivity contribution >= 4 is 34.6 Å². The Morgan fingerprint density at radius 3 is 2.96 bits per heavy atom. The van der Waals surface area contributed by atoms with E-state index in [0.717, 1.165) is 11.3 Å². The number of halogens is 1. The number of nitrogens with one attached hydrogen (secondary N) is 3. The molecule has 2 aromatic heterocycles. The summed E-state index contributed by atoms with van der Waals surface area (Å²) in [5, 5.41) is 18.3. The highest BCUT2D eigenvalue weighted by atomic mass is 35.5. The monoisotopic (exact) mass is 368 g/mol. The van der Waals surface area contributed by atoms with Gasteiger partial charge in [-0.1, -0.05) is 17.7 Å². The normalized spacial score (nSPS) is 11.4. The summed E-state index contributed by atoms with van der Waals surface area (Å²) in [4.78, 5) is 16.9. The second-order valence-corrected chi connectivity index (χ2v) is 6.16. The minimum Gasteiger partial charge on any atom is -0.341 e. The van der Waals surface area contributed by atoms with Crippen molar-refractivity contribution in [2.75, 3.05) is 5.32 Å². The van der Waals surface area contributed by atoms with Crippen molar-refractivity contribution in [3.05, 3.63) is 70.9 Å². The van der Waals surface area contributed by atoms with E-state index in [-0.39, 0.29) is 11.6 Å². The average molecular weight is 369 g/mol. The molecule has 0 aliphatic heterocycles. The topological polar surface area (TPSA) is 95.2 Å². The summed E-state index contributed by atoms with van der Waals surface area (Å²) in [6.45, 7) is 3.54. The maximum absolute atomic E-state index is 12.7. The van der Waals surface area contributed by atoms with Gasteiger partial charge in [-0.3, -0.25) is 4.79 Å². The molecule has 2 heterocycles. The van der Waals surface area contributed by atoms with Gasteiger partial charge in [0, 0.05) is 28.8 Å². The Bertz CT molecular complexity index is 1020. The van der Waals surface area contributed by atoms with E-state index in [2.05, 4.69) is 20.7 Å². The summed E-state index contributed by atoms with van der Waals surface area (Å²) in [5.74, 6) is -0.0125. The lowest BCUT2D eigenvalue weighted by atomic mass is 10.2. The second-order valence-electron chi connectivity index (χ2n) is 5.73. The second kappa shape index (κ2) is 7.37. The molecule has 0 unspecified atom stereocenters. The van der Waals surface area contributed by atoms with Crippen molar-refractivity contribution in [2.45, 2.75) is 13.8 Å². The lowest BCUT2D eigenvalue weighted by Crippen LogP contribution is -2.27. The highest BCUT2D eigenvalue weighted by Gasteiger charge is 2.15. The van der Waals surface area contributed by atoms with Gasteiger partial charge in [-0.2, -0.15) is 5.10 Å². The quantitative estimate of drug-likeness (QED) is 0.601. The third kappa shape index (κ3) is 3.89. The number of anilines is 1. The van der Waals surface area contributed by atoms with Crippen molar-refractivity contribution in [1.29, 1.82) is 5.41 Å². The van der Waals surface area contributed by atoms with Crippen LogP contribution in [-0.2, 0) is 0 Å². The number of carbonyl (C=O) groups is 1. The van der Waals surface area contributed by atoms with Gasteiger partial charge in [-0.05, 0) is 43.7 Å². The predicted octanol–water partition coefficient (Wildman–Crippen LogP) is 3.41. The summed E-state index contributed by atoms with van der Waals surface area (Å²) in [5.41, 5.74) is 2.77. The van der Waals surface area contributed by atoms with Gasteiger partial charge in [0.2, 0.25) is 0 Å². The molecular weight excluding hydrogens is 352 g/mol. The van der Waals surface area contributed by atoms with Crippen molar-refractivity contribution in [2.24, 2.45) is 0 Å². The van der Waals surface area contributed by atoms with E-state index in [1.54, 1.807) is 37.5 Å². The van der Waals surface area contributed by atoms with Crippen LogP contribution in [0.5, 0.6) is 0 Å². The number of benzene rings is 1. The van der Waals surface area contributed by atoms with Gasteiger partial charge in [0.25, 0.3) is 5.91 Å². The molecule has 0 bridgehead atoms. The molecule has 8 heteroatoms. The molecule has 7 nitrogen and oxygen atoms in total. The number of hydrogen-bond donors (Lipinski definition) is 3. The zero-order chi connectivity index (χ0) is 18.7. The molecule has 3 aromatic rings. The molecule has 1 aromatic carbocycles. The summed E-state index contributed by atoms with van der Waals surface area (Å²) in [6, 6.07) is 7.15. The van der Waals surface area contributed by atoms with Crippen LogP contribution in [0, 0.1) is 12.3 Å². The number of aromatic nitrogens is 3. The molecule has 0 saturated heterocycles. The van der Waals surface area contributed by atoms with Crippen LogP contribution in [0.2, 0.25) is 5.02 Å². The average Bonchev–Trinajstić information content (AvgIpc) is 3.01. The largest absolute Gasteiger partial charge is 0.341 e. The highest BCUT2D eigenvalue weighted by molar-refractivity contribution is 6.30. The van der Waals surface area contributed by atoms with E-state index in [4.69, 9.17) is 17.0 Å². The van der Waals surface area contributed by atoms with Gasteiger partial charge in [0.05, 0.1) is 6.20 Å². The Labute approximate surface area is 155 Å². The van der Waals surface area contributed by atoms with Crippen molar-refractivity contribution < 1.29 is 4.79 Å². The minimum atomic E-state index is -0.376. The number of hydrogen-bond acceptors (Lipinski definition) is 5. The first-order valence-corrected chi connectivity index (χ1v) is 8.21. The third-order valence-corrected chi connectivity index (χ3v) is 3.84. The number of nitrogens with zero attached hydrogens (tertiary/aromatic N) is 3. The summed E-state index contributed by atoms with van der Waals surface area (Å²) < 4.78 is 1.52. The lowest BCUT2D eigenvalue weighted by Gasteiger charge is -2.14. The van der Waals surface area contributed by atoms with Crippen molar-refractivity contribution in [3.63, 3.8) is 0 Å². The Morgan fingerprint density at radius 1 is 1.38 bits per heavy atom. The summed E-state index contributed by atoms with van der Waals surface area (Å²) in [6.07, 6.45) is 6.29. The minimum absolute atomic E-state index is 0.283. The van der Waals surface area contributed by atoms with Gasteiger partial charge in [0.1, 0.15) is 11.4 Å². The maximum atomic E-state index is 12.7. The molecule has 3 N–H and O–H groups in total. The molecule has 3 rings (SSSR count). The molecule has 0 saturated carbocycles. The Balaban J connectivity index is 1.88. The predicted molar refractivity (Wildman–Crippen MR) is 102 cm³/mol. The van der Waals surface area contributed by atoms with Crippen LogP contribution in [0.3, 0.4) is 0 Å². The summed E-state index contributed by atoms with van der Waals surface area (Å²) in [7, 11) is 0. The van der Waals surface area contributed by atoms with E-state index in [0.29, 0.717) is 22.1 Å². The van der Waals surface area contributed by atoms with Crippen molar-refractivity contribution in [3.8, 4) is 0 Å². The first kappa shape index (κ1) is 17.6. The Kier molecular flexibility index (Phi) is 4.99. The fourth-order valence-corrected chi connectivity index (χ4v) is 2.54. The Hall–Kier alpha value is -3.19. The van der Waals surface area contributed by atoms with E-state index in [1.165, 1.54) is 16.8 Å². The van der Waals surface area contributed by atoms with Crippen LogP contribution >= 0.6 is 11.6 Å². The first-order valence-electron chi connectivity index (χ1n) is 7.84. The van der Waals surface area contributed by atoms with Crippen LogP contribution in [0.4, 0.5) is 5.69 Å². The molecular formula is C18H17ClN6O. The van der Waals surface area contributed by atoms with Gasteiger partial charge in [-0.25, -0.2) is 9.50 Å². The Morgan fingerprint density at radius 2 is 2.19 bits per heavy atom. The molecule has 132 valence electrons. The van der Waals surface area contributed by atoms with Crippen molar-refractivity contribution in [1.82, 2.24) is 19.9 Å². The SMILES string of the molecule is CC(=N)/C=C(/NC(=O)c1cnn2cccnc12)Nc1cc(Cl)ccc1C. The van der Waals surface area contributed by atoms with Crippen LogP contribution < -0.4 is 10.6 Å². The van der Waals surface area contributed by atoms with E-state index >= 15 is 0 Å². The molecule has 0 aliphatic rings. The molecule has 0 aliphatic carbocycles. The zero-order valence-electron chi connectivity index (χ0n) is 14.2. The van der Waals surface area contributed by atoms with Crippen LogP contribution in [-0.4, -0.2) is 26.2 Å². The van der Waals surface area contributed by atoms with E-state index in [1.807, 2.05) is 13.0 Å². The fraction of sp³-hybridized carbons (Fsp3) is 0.111. The van der Waals surface area contributed by atoms with E-state index < -0.39 is 0 Å². The molecule has 1 amide bonds. The fourth-order valence-electron chi connectivity index (χ4n) is 2.37. The van der Waals surface area contributed by atoms with Crippen LogP contribution in [0.25, 0.3) is 5.65 Å². The first-order chi connectivity index (χ1) is 12.4. The highest BCUT2D eigenvalue weighted by Crippen LogP contribution is 2.21. The smallest absolute Gasteiger partial charge is 0.262 e. The standard InChI is InChI=1S/C18H17ClN6O/c1-11-4-5-13(19)9-15(11)23-16(8-12(2)20)24-18(26)14-10-22-25-7-3-6-21-17(14)25/h3-10,20,23H,1-2H3,(H,24,26)/b16-8+,20-12?. The number of rotatable bonds is 5. The lowest BCUT2D eigenvalue weighted by molar-refractivity contribution is 0.0968. The zero-order valence-corrected chi connectivity index (χ0v) is 15.0. The van der Waals surface area contributed by atoms with Gasteiger partial charge < -0.3 is 16.0 Å². The number of carbonyl (C=O) groups excluding carboxylic acids is 1. The van der Waals surface area contributed by atoms with E-state index in [9.17, 15) is 4.79 Å². The number of allylic oxidation sites excluding steroid dienone is 1. The number of fused-ring (bicyclic) bond motifs is 1. The molecule has 26 heavy (non-hydrogen) atoms. The van der Waals surface area contributed by atoms with Crippen LogP contribution in [0.15, 0.2) is 54.8 Å². The van der Waals surface area contributed by atoms with Crippen LogP contribution in [0.1, 0.15) is 22.8 Å². The molecule has 0 fully saturated rings. The number of amides is 1. The molecule has 0 atom stereocenters.